The van der Waals surface area contributed by atoms with Crippen molar-refractivity contribution in [2.75, 3.05) is 37.7 Å². The van der Waals surface area contributed by atoms with Crippen LogP contribution in [0.4, 0.5) is 32.2 Å². The van der Waals surface area contributed by atoms with Crippen LogP contribution < -0.4 is 4.90 Å². The number of alkyl halides is 6. The monoisotopic (exact) mass is 520 g/mol. The van der Waals surface area contributed by atoms with E-state index in [-0.39, 0.29) is 11.7 Å². The number of amides is 1. The van der Waals surface area contributed by atoms with Crippen molar-refractivity contribution in [1.82, 2.24) is 14.9 Å². The molecule has 1 amide bonds. The average molecular weight is 520 g/mol. The third-order valence-electron chi connectivity index (χ3n) is 5.57. The molecule has 1 atom stereocenters. The summed E-state index contributed by atoms with van der Waals surface area (Å²) in [5.74, 6) is -2.53. The molecule has 14 heteroatoms. The highest BCUT2D eigenvalue weighted by Gasteiger charge is 2.46. The van der Waals surface area contributed by atoms with Gasteiger partial charge in [-0.25, -0.2) is 14.8 Å². The minimum Gasteiger partial charge on any atom is -0.475 e. The minimum absolute atomic E-state index is 0.0259. The van der Waals surface area contributed by atoms with E-state index in [0.29, 0.717) is 45.8 Å². The first-order valence-electron chi connectivity index (χ1n) is 10.6. The number of hydrogen-bond donors (Lipinski definition) is 1. The van der Waals surface area contributed by atoms with Gasteiger partial charge in [0.15, 0.2) is 0 Å². The Hall–Kier alpha value is -3.42. The van der Waals surface area contributed by atoms with Crippen LogP contribution in [0.25, 0.3) is 0 Å². The maximum atomic E-state index is 13.0. The lowest BCUT2D eigenvalue weighted by atomic mass is 9.87. The molecule has 0 radical (unpaired) electrons. The third-order valence-corrected chi connectivity index (χ3v) is 5.57. The van der Waals surface area contributed by atoms with Gasteiger partial charge >= 0.3 is 18.3 Å². The SMILES string of the molecule is O=C(O)C(F)(F)F.O=C1CC2(COCCN(c3cc(C(F)(F)F)ncn3)C2)CN1Cc1ccccc1. The summed E-state index contributed by atoms with van der Waals surface area (Å²) >= 11 is 0. The number of ether oxygens (including phenoxy) is 1. The van der Waals surface area contributed by atoms with Gasteiger partial charge in [0.1, 0.15) is 17.8 Å². The third kappa shape index (κ3) is 7.06. The Morgan fingerprint density at radius 2 is 1.75 bits per heavy atom. The first-order valence-corrected chi connectivity index (χ1v) is 10.6. The van der Waals surface area contributed by atoms with E-state index in [4.69, 9.17) is 14.6 Å². The van der Waals surface area contributed by atoms with E-state index in [1.165, 1.54) is 0 Å². The number of carbonyl (C=O) groups excluding carboxylic acids is 1. The van der Waals surface area contributed by atoms with Gasteiger partial charge in [-0.3, -0.25) is 4.79 Å². The van der Waals surface area contributed by atoms with Crippen LogP contribution in [0.1, 0.15) is 17.7 Å². The topological polar surface area (TPSA) is 95.9 Å². The van der Waals surface area contributed by atoms with Crippen molar-refractivity contribution >= 4 is 17.7 Å². The van der Waals surface area contributed by atoms with Crippen LogP contribution in [0.5, 0.6) is 0 Å². The maximum absolute atomic E-state index is 13.0. The van der Waals surface area contributed by atoms with Gasteiger partial charge in [-0.05, 0) is 5.56 Å². The smallest absolute Gasteiger partial charge is 0.475 e. The molecule has 2 aliphatic heterocycles. The molecule has 3 heterocycles. The fraction of sp³-hybridized carbons (Fsp3) is 0.455. The second kappa shape index (κ2) is 10.7. The van der Waals surface area contributed by atoms with Gasteiger partial charge in [0.05, 0.1) is 13.2 Å². The molecule has 1 aromatic heterocycles. The number of halogens is 6. The molecular formula is C22H22F6N4O4. The Kier molecular flexibility index (Phi) is 8.06. The van der Waals surface area contributed by atoms with E-state index in [9.17, 15) is 31.1 Å². The van der Waals surface area contributed by atoms with E-state index in [1.807, 2.05) is 30.3 Å². The number of carboxylic acids is 1. The highest BCUT2D eigenvalue weighted by molar-refractivity contribution is 5.79. The number of rotatable bonds is 3. The highest BCUT2D eigenvalue weighted by Crippen LogP contribution is 2.37. The highest BCUT2D eigenvalue weighted by atomic mass is 19.4. The Balaban J connectivity index is 0.000000454. The van der Waals surface area contributed by atoms with Crippen molar-refractivity contribution in [2.24, 2.45) is 5.41 Å². The van der Waals surface area contributed by atoms with Gasteiger partial charge < -0.3 is 19.6 Å². The molecule has 1 spiro atoms. The molecule has 1 unspecified atom stereocenters. The number of aliphatic carboxylic acids is 1. The second-order valence-corrected chi connectivity index (χ2v) is 8.45. The fourth-order valence-corrected chi connectivity index (χ4v) is 4.00. The van der Waals surface area contributed by atoms with Gasteiger partial charge in [0, 0.05) is 44.1 Å². The molecule has 0 saturated carbocycles. The zero-order valence-corrected chi connectivity index (χ0v) is 18.7. The lowest BCUT2D eigenvalue weighted by Crippen LogP contribution is -2.41. The summed E-state index contributed by atoms with van der Waals surface area (Å²) in [6, 6.07) is 10.7. The number of carbonyl (C=O) groups is 2. The van der Waals surface area contributed by atoms with E-state index in [2.05, 4.69) is 9.97 Å². The summed E-state index contributed by atoms with van der Waals surface area (Å²) in [4.78, 5) is 32.5. The molecule has 0 aliphatic carbocycles. The largest absolute Gasteiger partial charge is 0.490 e. The lowest BCUT2D eigenvalue weighted by Gasteiger charge is -2.32. The van der Waals surface area contributed by atoms with Crippen molar-refractivity contribution in [2.45, 2.75) is 25.3 Å². The molecule has 2 saturated heterocycles. The summed E-state index contributed by atoms with van der Waals surface area (Å²) < 4.78 is 76.6. The number of benzene rings is 1. The van der Waals surface area contributed by atoms with Crippen LogP contribution in [0, 0.1) is 5.41 Å². The predicted octanol–water partition coefficient (Wildman–Crippen LogP) is 3.38. The van der Waals surface area contributed by atoms with E-state index >= 15 is 0 Å². The normalized spacial score (nSPS) is 20.7. The first kappa shape index (κ1) is 27.2. The van der Waals surface area contributed by atoms with Crippen LogP contribution in [-0.4, -0.2) is 70.9 Å². The lowest BCUT2D eigenvalue weighted by molar-refractivity contribution is -0.192. The first-order chi connectivity index (χ1) is 16.8. The van der Waals surface area contributed by atoms with Crippen LogP contribution in [-0.2, 0) is 27.0 Å². The van der Waals surface area contributed by atoms with Gasteiger partial charge in [-0.15, -0.1) is 0 Å². The van der Waals surface area contributed by atoms with E-state index in [0.717, 1.165) is 18.0 Å². The summed E-state index contributed by atoms with van der Waals surface area (Å²) in [7, 11) is 0. The maximum Gasteiger partial charge on any atom is 0.490 e. The molecule has 4 rings (SSSR count). The number of anilines is 1. The van der Waals surface area contributed by atoms with Gasteiger partial charge in [-0.2, -0.15) is 26.3 Å². The van der Waals surface area contributed by atoms with E-state index in [1.54, 1.807) is 9.80 Å². The average Bonchev–Trinajstić information content (AvgIpc) is 2.96. The zero-order chi connectivity index (χ0) is 26.6. The van der Waals surface area contributed by atoms with Crippen molar-refractivity contribution in [3.63, 3.8) is 0 Å². The van der Waals surface area contributed by atoms with Crippen molar-refractivity contribution in [1.29, 1.82) is 0 Å². The molecule has 1 aromatic carbocycles. The van der Waals surface area contributed by atoms with Crippen LogP contribution >= 0.6 is 0 Å². The fourth-order valence-electron chi connectivity index (χ4n) is 4.00. The molecule has 36 heavy (non-hydrogen) atoms. The predicted molar refractivity (Wildman–Crippen MR) is 113 cm³/mol. The Labute approximate surface area is 201 Å². The van der Waals surface area contributed by atoms with Crippen molar-refractivity contribution in [3.05, 3.63) is 54.0 Å². The molecule has 8 nitrogen and oxygen atoms in total. The Bertz CT molecular complexity index is 1070. The Morgan fingerprint density at radius 1 is 1.08 bits per heavy atom. The van der Waals surface area contributed by atoms with Crippen molar-refractivity contribution < 1.29 is 45.8 Å². The summed E-state index contributed by atoms with van der Waals surface area (Å²) in [6.07, 6.45) is -8.39. The molecular weight excluding hydrogens is 498 g/mol. The molecule has 2 aromatic rings. The zero-order valence-electron chi connectivity index (χ0n) is 18.7. The van der Waals surface area contributed by atoms with Gasteiger partial charge in [-0.1, -0.05) is 30.3 Å². The summed E-state index contributed by atoms with van der Waals surface area (Å²) in [5, 5.41) is 7.12. The number of hydrogen-bond acceptors (Lipinski definition) is 6. The molecule has 1 N–H and O–H groups in total. The number of carboxylic acid groups (broad SMARTS) is 1. The standard InChI is InChI=1S/C20H21F3N4O2.C2HF3O2/c21-20(22,23)16-8-17(25-14-24-16)26-6-7-29-13-19(11-26)9-18(28)27(12-19)10-15-4-2-1-3-5-15;3-2(4,5)1(6)7/h1-5,8,14H,6-7,9-13H2;(H,6,7). The van der Waals surface area contributed by atoms with Gasteiger partial charge in [0.2, 0.25) is 5.91 Å². The summed E-state index contributed by atoms with van der Waals surface area (Å²) in [5.41, 5.74) is -0.420. The van der Waals surface area contributed by atoms with Crippen LogP contribution in [0.2, 0.25) is 0 Å². The quantitative estimate of drug-likeness (QED) is 0.620. The van der Waals surface area contributed by atoms with Gasteiger partial charge in [0.25, 0.3) is 0 Å². The van der Waals surface area contributed by atoms with Crippen molar-refractivity contribution in [3.8, 4) is 0 Å². The summed E-state index contributed by atoms with van der Waals surface area (Å²) in [6.45, 7) is 2.56. The van der Waals surface area contributed by atoms with Crippen LogP contribution in [0.3, 0.4) is 0 Å². The number of nitrogens with zero attached hydrogens (tertiary/aromatic N) is 4. The Morgan fingerprint density at radius 3 is 2.36 bits per heavy atom. The molecule has 2 aliphatic rings. The number of likely N-dealkylation sites (tertiary alicyclic amines) is 1. The van der Waals surface area contributed by atoms with Crippen LogP contribution in [0.15, 0.2) is 42.7 Å². The number of aromatic nitrogens is 2. The molecule has 196 valence electrons. The minimum atomic E-state index is -5.08. The second-order valence-electron chi connectivity index (χ2n) is 8.45. The molecule has 0 bridgehead atoms. The van der Waals surface area contributed by atoms with E-state index < -0.39 is 29.4 Å². The molecule has 2 fully saturated rings.